The van der Waals surface area contributed by atoms with Crippen molar-refractivity contribution in [3.63, 3.8) is 0 Å². The van der Waals surface area contributed by atoms with E-state index in [1.807, 2.05) is 19.1 Å². The minimum atomic E-state index is -3.34. The molecule has 0 aromatic heterocycles. The summed E-state index contributed by atoms with van der Waals surface area (Å²) >= 11 is 0. The van der Waals surface area contributed by atoms with Crippen molar-refractivity contribution in [2.45, 2.75) is 31.2 Å². The number of nitrogens with zero attached hydrogens (tertiary/aromatic N) is 1. The first-order valence-electron chi connectivity index (χ1n) is 6.37. The Kier molecular flexibility index (Phi) is 4.04. The average Bonchev–Trinajstić information content (AvgIpc) is 2.39. The normalized spacial score (nSPS) is 22.0. The van der Waals surface area contributed by atoms with Crippen molar-refractivity contribution in [1.82, 2.24) is 9.62 Å². The third-order valence-corrected chi connectivity index (χ3v) is 5.41. The molecule has 1 saturated heterocycles. The Labute approximate surface area is 109 Å². The van der Waals surface area contributed by atoms with Crippen molar-refractivity contribution < 1.29 is 8.42 Å². The lowest BCUT2D eigenvalue weighted by molar-refractivity contribution is 0.284. The number of hydrogen-bond donors (Lipinski definition) is 1. The van der Waals surface area contributed by atoms with Crippen LogP contribution in [0.1, 0.15) is 19.4 Å². The highest BCUT2D eigenvalue weighted by Gasteiger charge is 2.30. The molecule has 1 aliphatic rings. The number of piperazine rings is 1. The average molecular weight is 268 g/mol. The monoisotopic (exact) mass is 268 g/mol. The Morgan fingerprint density at radius 3 is 2.56 bits per heavy atom. The first-order chi connectivity index (χ1) is 8.55. The van der Waals surface area contributed by atoms with Gasteiger partial charge in [-0.05, 0) is 31.0 Å². The fourth-order valence-electron chi connectivity index (χ4n) is 2.21. The van der Waals surface area contributed by atoms with Crippen molar-refractivity contribution in [1.29, 1.82) is 0 Å². The molecular weight excluding hydrogens is 248 g/mol. The van der Waals surface area contributed by atoms with Crippen molar-refractivity contribution in [3.05, 3.63) is 29.8 Å². The van der Waals surface area contributed by atoms with E-state index in [0.29, 0.717) is 18.0 Å². The van der Waals surface area contributed by atoms with Gasteiger partial charge in [-0.3, -0.25) is 0 Å². The molecule has 1 N–H and O–H groups in total. The molecule has 5 heteroatoms. The highest BCUT2D eigenvalue weighted by atomic mass is 32.2. The van der Waals surface area contributed by atoms with Gasteiger partial charge in [0, 0.05) is 25.7 Å². The van der Waals surface area contributed by atoms with E-state index < -0.39 is 10.0 Å². The molecule has 1 aliphatic heterocycles. The zero-order chi connectivity index (χ0) is 13.2. The van der Waals surface area contributed by atoms with Crippen molar-refractivity contribution in [3.8, 4) is 0 Å². The van der Waals surface area contributed by atoms with Crippen molar-refractivity contribution in [2.24, 2.45) is 0 Å². The van der Waals surface area contributed by atoms with Gasteiger partial charge in [0.05, 0.1) is 4.90 Å². The summed E-state index contributed by atoms with van der Waals surface area (Å²) in [5.41, 5.74) is 1.15. The fraction of sp³-hybridized carbons (Fsp3) is 0.538. The maximum Gasteiger partial charge on any atom is 0.243 e. The molecule has 0 bridgehead atoms. The summed E-state index contributed by atoms with van der Waals surface area (Å²) in [7, 11) is -3.34. The van der Waals surface area contributed by atoms with Gasteiger partial charge in [-0.1, -0.05) is 19.1 Å². The van der Waals surface area contributed by atoms with Gasteiger partial charge in [-0.2, -0.15) is 4.31 Å². The zero-order valence-corrected chi connectivity index (χ0v) is 11.7. The van der Waals surface area contributed by atoms with Gasteiger partial charge in [-0.15, -0.1) is 0 Å². The van der Waals surface area contributed by atoms with Crippen LogP contribution in [0.4, 0.5) is 0 Å². The third-order valence-electron chi connectivity index (χ3n) is 3.38. The van der Waals surface area contributed by atoms with Crippen LogP contribution in [-0.2, 0) is 16.4 Å². The molecular formula is C13H20N2O2S. The van der Waals surface area contributed by atoms with Crippen molar-refractivity contribution in [2.75, 3.05) is 19.6 Å². The standard InChI is InChI=1S/C13H20N2O2S/c1-3-12-4-6-13(7-5-12)18(16,17)15-9-8-14-10-11(15)2/h4-7,11,14H,3,8-10H2,1-2H3. The number of hydrogen-bond acceptors (Lipinski definition) is 3. The van der Waals surface area contributed by atoms with E-state index in [4.69, 9.17) is 0 Å². The highest BCUT2D eigenvalue weighted by Crippen LogP contribution is 2.19. The van der Waals surface area contributed by atoms with Gasteiger partial charge in [0.2, 0.25) is 10.0 Å². The molecule has 2 rings (SSSR count). The summed E-state index contributed by atoms with van der Waals surface area (Å²) in [6, 6.07) is 7.21. The van der Waals surface area contributed by atoms with Crippen LogP contribution < -0.4 is 5.32 Å². The van der Waals surface area contributed by atoms with E-state index in [2.05, 4.69) is 12.2 Å². The second kappa shape index (κ2) is 5.38. The van der Waals surface area contributed by atoms with E-state index >= 15 is 0 Å². The first kappa shape index (κ1) is 13.5. The lowest BCUT2D eigenvalue weighted by atomic mass is 10.2. The van der Waals surface area contributed by atoms with Crippen LogP contribution in [0, 0.1) is 0 Å². The first-order valence-corrected chi connectivity index (χ1v) is 7.81. The minimum Gasteiger partial charge on any atom is -0.314 e. The lowest BCUT2D eigenvalue weighted by Crippen LogP contribution is -2.52. The van der Waals surface area contributed by atoms with E-state index in [1.54, 1.807) is 16.4 Å². The van der Waals surface area contributed by atoms with Crippen LogP contribution in [0.2, 0.25) is 0 Å². The second-order valence-corrected chi connectivity index (χ2v) is 6.56. The van der Waals surface area contributed by atoms with Gasteiger partial charge >= 0.3 is 0 Å². The highest BCUT2D eigenvalue weighted by molar-refractivity contribution is 7.89. The SMILES string of the molecule is CCc1ccc(S(=O)(=O)N2CCNCC2C)cc1. The Balaban J connectivity index is 2.28. The number of aryl methyl sites for hydroxylation is 1. The molecule has 0 spiro atoms. The third kappa shape index (κ3) is 2.58. The van der Waals surface area contributed by atoms with E-state index in [1.165, 1.54) is 0 Å². The van der Waals surface area contributed by atoms with Crippen molar-refractivity contribution >= 4 is 10.0 Å². The summed E-state index contributed by atoms with van der Waals surface area (Å²) in [5, 5.41) is 3.20. The van der Waals surface area contributed by atoms with Crippen LogP contribution in [0.15, 0.2) is 29.2 Å². The number of rotatable bonds is 3. The molecule has 0 aliphatic carbocycles. The smallest absolute Gasteiger partial charge is 0.243 e. The van der Waals surface area contributed by atoms with Crippen LogP contribution in [-0.4, -0.2) is 38.4 Å². The van der Waals surface area contributed by atoms with Crippen LogP contribution >= 0.6 is 0 Å². The molecule has 1 heterocycles. The topological polar surface area (TPSA) is 49.4 Å². The summed E-state index contributed by atoms with van der Waals surface area (Å²) in [5.74, 6) is 0. The van der Waals surface area contributed by atoms with Gasteiger partial charge in [0.15, 0.2) is 0 Å². The molecule has 100 valence electrons. The summed E-state index contributed by atoms with van der Waals surface area (Å²) in [6.45, 7) is 5.97. The van der Waals surface area contributed by atoms with Gasteiger partial charge in [0.1, 0.15) is 0 Å². The zero-order valence-electron chi connectivity index (χ0n) is 10.9. The molecule has 18 heavy (non-hydrogen) atoms. The van der Waals surface area contributed by atoms with Crippen LogP contribution in [0.25, 0.3) is 0 Å². The maximum absolute atomic E-state index is 12.5. The number of benzene rings is 1. The van der Waals surface area contributed by atoms with E-state index in [-0.39, 0.29) is 6.04 Å². The predicted molar refractivity (Wildman–Crippen MR) is 72.0 cm³/mol. The van der Waals surface area contributed by atoms with Crippen LogP contribution in [0.5, 0.6) is 0 Å². The molecule has 0 amide bonds. The fourth-order valence-corrected chi connectivity index (χ4v) is 3.84. The minimum absolute atomic E-state index is 0.00889. The maximum atomic E-state index is 12.5. The number of nitrogens with one attached hydrogen (secondary N) is 1. The lowest BCUT2D eigenvalue weighted by Gasteiger charge is -2.32. The van der Waals surface area contributed by atoms with Gasteiger partial charge in [-0.25, -0.2) is 8.42 Å². The summed E-state index contributed by atoms with van der Waals surface area (Å²) < 4.78 is 26.6. The number of sulfonamides is 1. The Morgan fingerprint density at radius 2 is 2.00 bits per heavy atom. The Morgan fingerprint density at radius 1 is 1.33 bits per heavy atom. The predicted octanol–water partition coefficient (Wildman–Crippen LogP) is 1.23. The Hall–Kier alpha value is -0.910. The molecule has 1 aromatic rings. The van der Waals surface area contributed by atoms with Gasteiger partial charge < -0.3 is 5.32 Å². The molecule has 1 aromatic carbocycles. The largest absolute Gasteiger partial charge is 0.314 e. The molecule has 0 radical (unpaired) electrons. The van der Waals surface area contributed by atoms with Gasteiger partial charge in [0.25, 0.3) is 0 Å². The van der Waals surface area contributed by atoms with E-state index in [9.17, 15) is 8.42 Å². The molecule has 0 saturated carbocycles. The molecule has 1 fully saturated rings. The second-order valence-electron chi connectivity index (χ2n) is 4.67. The molecule has 1 atom stereocenters. The Bertz CT molecular complexity index is 496. The molecule has 4 nitrogen and oxygen atoms in total. The van der Waals surface area contributed by atoms with E-state index in [0.717, 1.165) is 18.5 Å². The molecule has 1 unspecified atom stereocenters. The summed E-state index contributed by atoms with van der Waals surface area (Å²) in [6.07, 6.45) is 0.921. The quantitative estimate of drug-likeness (QED) is 0.897. The van der Waals surface area contributed by atoms with Crippen LogP contribution in [0.3, 0.4) is 0 Å². The summed E-state index contributed by atoms with van der Waals surface area (Å²) in [4.78, 5) is 0.397.